The normalized spacial score (nSPS) is 16.2. The van der Waals surface area contributed by atoms with Gasteiger partial charge in [0.05, 0.1) is 23.2 Å². The Kier molecular flexibility index (Phi) is 5.33. The van der Waals surface area contributed by atoms with E-state index in [9.17, 15) is 13.2 Å². The smallest absolute Gasteiger partial charge is 0.335 e. The van der Waals surface area contributed by atoms with Gasteiger partial charge in [-0.25, -0.2) is 17.9 Å². The van der Waals surface area contributed by atoms with Crippen LogP contribution in [0.25, 0.3) is 0 Å². The summed E-state index contributed by atoms with van der Waals surface area (Å²) in [6, 6.07) is 5.10. The lowest BCUT2D eigenvalue weighted by molar-refractivity contribution is 0.0626. The van der Waals surface area contributed by atoms with Crippen molar-refractivity contribution in [2.45, 2.75) is 36.7 Å². The van der Waals surface area contributed by atoms with E-state index in [0.29, 0.717) is 6.61 Å². The summed E-state index contributed by atoms with van der Waals surface area (Å²) in [7, 11) is -3.62. The molecule has 0 saturated heterocycles. The zero-order chi connectivity index (χ0) is 15.3. The average Bonchev–Trinajstić information content (AvgIpc) is 2.97. The van der Waals surface area contributed by atoms with E-state index >= 15 is 0 Å². The monoisotopic (exact) mass is 313 g/mol. The maximum Gasteiger partial charge on any atom is 0.335 e. The van der Waals surface area contributed by atoms with Gasteiger partial charge in [0, 0.05) is 6.54 Å². The van der Waals surface area contributed by atoms with Crippen molar-refractivity contribution >= 4 is 16.0 Å². The molecule has 1 fully saturated rings. The van der Waals surface area contributed by atoms with Crippen molar-refractivity contribution < 1.29 is 23.1 Å². The molecule has 1 aliphatic carbocycles. The number of carboxylic acid groups (broad SMARTS) is 1. The lowest BCUT2D eigenvalue weighted by atomic mass is 10.2. The maximum absolute atomic E-state index is 12.0. The first-order chi connectivity index (χ1) is 9.99. The van der Waals surface area contributed by atoms with Crippen LogP contribution in [0.2, 0.25) is 0 Å². The van der Waals surface area contributed by atoms with Crippen LogP contribution in [0.4, 0.5) is 0 Å². The molecule has 0 bridgehead atoms. The molecule has 1 saturated carbocycles. The van der Waals surface area contributed by atoms with Crippen molar-refractivity contribution in [3.05, 3.63) is 29.8 Å². The van der Waals surface area contributed by atoms with Crippen LogP contribution in [-0.4, -0.2) is 38.7 Å². The van der Waals surface area contributed by atoms with Crippen molar-refractivity contribution in [2.24, 2.45) is 0 Å². The highest BCUT2D eigenvalue weighted by Crippen LogP contribution is 2.20. The van der Waals surface area contributed by atoms with Crippen molar-refractivity contribution in [1.82, 2.24) is 4.72 Å². The Bertz CT molecular complexity index is 576. The van der Waals surface area contributed by atoms with E-state index in [1.807, 2.05) is 0 Å². The lowest BCUT2D eigenvalue weighted by Gasteiger charge is -2.11. The fraction of sp³-hybridized carbons (Fsp3) is 0.500. The van der Waals surface area contributed by atoms with E-state index in [-0.39, 0.29) is 23.1 Å². The Morgan fingerprint density at radius 3 is 2.43 bits per heavy atom. The van der Waals surface area contributed by atoms with Gasteiger partial charge in [-0.3, -0.25) is 0 Å². The standard InChI is InChI=1S/C14H19NO5S/c16-14(17)11-5-7-13(8-6-11)21(18,19)15-9-10-20-12-3-1-2-4-12/h5-8,12,15H,1-4,9-10H2,(H,16,17). The Morgan fingerprint density at radius 2 is 1.86 bits per heavy atom. The van der Waals surface area contributed by atoms with Gasteiger partial charge in [-0.2, -0.15) is 0 Å². The van der Waals surface area contributed by atoms with Crippen LogP contribution in [-0.2, 0) is 14.8 Å². The summed E-state index contributed by atoms with van der Waals surface area (Å²) in [5, 5.41) is 8.77. The van der Waals surface area contributed by atoms with Crippen molar-refractivity contribution in [2.75, 3.05) is 13.2 Å². The minimum Gasteiger partial charge on any atom is -0.478 e. The van der Waals surface area contributed by atoms with E-state index in [0.717, 1.165) is 12.8 Å². The van der Waals surface area contributed by atoms with E-state index in [2.05, 4.69) is 4.72 Å². The number of hydrogen-bond acceptors (Lipinski definition) is 4. The number of sulfonamides is 1. The van der Waals surface area contributed by atoms with Gasteiger partial charge >= 0.3 is 5.97 Å². The number of benzene rings is 1. The fourth-order valence-corrected chi connectivity index (χ4v) is 3.33. The van der Waals surface area contributed by atoms with Gasteiger partial charge in [0.25, 0.3) is 0 Å². The first-order valence-electron chi connectivity index (χ1n) is 6.94. The third-order valence-corrected chi connectivity index (χ3v) is 4.94. The Labute approximate surface area is 124 Å². The van der Waals surface area contributed by atoms with E-state index in [4.69, 9.17) is 9.84 Å². The average molecular weight is 313 g/mol. The van der Waals surface area contributed by atoms with Crippen LogP contribution in [0.1, 0.15) is 36.0 Å². The molecule has 1 aliphatic rings. The second kappa shape index (κ2) is 7.02. The summed E-state index contributed by atoms with van der Waals surface area (Å²) in [5.41, 5.74) is 0.0542. The van der Waals surface area contributed by atoms with Crippen LogP contribution in [0.15, 0.2) is 29.2 Å². The van der Waals surface area contributed by atoms with Crippen LogP contribution in [0.3, 0.4) is 0 Å². The lowest BCUT2D eigenvalue weighted by Crippen LogP contribution is -2.28. The predicted molar refractivity (Wildman–Crippen MR) is 76.8 cm³/mol. The van der Waals surface area contributed by atoms with Crippen molar-refractivity contribution in [1.29, 1.82) is 0 Å². The molecular formula is C14H19NO5S. The minimum absolute atomic E-state index is 0.0494. The number of carboxylic acids is 1. The van der Waals surface area contributed by atoms with Gasteiger partial charge in [-0.15, -0.1) is 0 Å². The number of aromatic carboxylic acids is 1. The summed E-state index contributed by atoms with van der Waals surface area (Å²) < 4.78 is 32.0. The highest BCUT2D eigenvalue weighted by molar-refractivity contribution is 7.89. The van der Waals surface area contributed by atoms with Gasteiger partial charge in [-0.05, 0) is 37.1 Å². The largest absolute Gasteiger partial charge is 0.478 e. The van der Waals surface area contributed by atoms with Crippen LogP contribution in [0.5, 0.6) is 0 Å². The molecule has 1 aromatic carbocycles. The molecule has 0 heterocycles. The summed E-state index contributed by atoms with van der Waals surface area (Å²) >= 11 is 0. The van der Waals surface area contributed by atoms with E-state index in [1.54, 1.807) is 0 Å². The van der Waals surface area contributed by atoms with E-state index in [1.165, 1.54) is 37.1 Å². The third kappa shape index (κ3) is 4.52. The molecule has 0 aromatic heterocycles. The molecule has 116 valence electrons. The Morgan fingerprint density at radius 1 is 1.24 bits per heavy atom. The van der Waals surface area contributed by atoms with Crippen LogP contribution < -0.4 is 4.72 Å². The Balaban J connectivity index is 1.84. The highest BCUT2D eigenvalue weighted by atomic mass is 32.2. The van der Waals surface area contributed by atoms with Gasteiger partial charge in [-0.1, -0.05) is 12.8 Å². The molecule has 7 heteroatoms. The molecule has 0 spiro atoms. The summed E-state index contributed by atoms with van der Waals surface area (Å²) in [5.74, 6) is -1.09. The SMILES string of the molecule is O=C(O)c1ccc(S(=O)(=O)NCCOC2CCCC2)cc1. The van der Waals surface area contributed by atoms with Gasteiger partial charge in [0.15, 0.2) is 0 Å². The summed E-state index contributed by atoms with van der Waals surface area (Å²) in [6.45, 7) is 0.552. The van der Waals surface area contributed by atoms with Crippen molar-refractivity contribution in [3.8, 4) is 0 Å². The second-order valence-corrected chi connectivity index (χ2v) is 6.77. The summed E-state index contributed by atoms with van der Waals surface area (Å²) in [6.07, 6.45) is 4.69. The minimum atomic E-state index is -3.62. The molecular weight excluding hydrogens is 294 g/mol. The number of nitrogens with one attached hydrogen (secondary N) is 1. The Hall–Kier alpha value is -1.44. The van der Waals surface area contributed by atoms with E-state index < -0.39 is 16.0 Å². The predicted octanol–water partition coefficient (Wildman–Crippen LogP) is 1.62. The molecule has 0 radical (unpaired) electrons. The third-order valence-electron chi connectivity index (χ3n) is 3.46. The molecule has 1 aromatic rings. The molecule has 0 unspecified atom stereocenters. The van der Waals surface area contributed by atoms with Crippen LogP contribution in [0, 0.1) is 0 Å². The molecule has 2 N–H and O–H groups in total. The first-order valence-corrected chi connectivity index (χ1v) is 8.42. The molecule has 6 nitrogen and oxygen atoms in total. The van der Waals surface area contributed by atoms with Gasteiger partial charge < -0.3 is 9.84 Å². The van der Waals surface area contributed by atoms with Crippen LogP contribution >= 0.6 is 0 Å². The molecule has 2 rings (SSSR count). The number of hydrogen-bond donors (Lipinski definition) is 2. The van der Waals surface area contributed by atoms with Gasteiger partial charge in [0.1, 0.15) is 0 Å². The zero-order valence-electron chi connectivity index (χ0n) is 11.6. The first kappa shape index (κ1) is 15.9. The van der Waals surface area contributed by atoms with Gasteiger partial charge in [0.2, 0.25) is 10.0 Å². The number of ether oxygens (including phenoxy) is 1. The molecule has 21 heavy (non-hydrogen) atoms. The number of rotatable bonds is 7. The quantitative estimate of drug-likeness (QED) is 0.746. The van der Waals surface area contributed by atoms with Crippen molar-refractivity contribution in [3.63, 3.8) is 0 Å². The summed E-state index contributed by atoms with van der Waals surface area (Å²) in [4.78, 5) is 10.8. The molecule has 0 aliphatic heterocycles. The zero-order valence-corrected chi connectivity index (χ0v) is 12.4. The maximum atomic E-state index is 12.0. The topological polar surface area (TPSA) is 92.7 Å². The fourth-order valence-electron chi connectivity index (χ4n) is 2.32. The molecule has 0 atom stereocenters. The molecule has 0 amide bonds. The second-order valence-electron chi connectivity index (χ2n) is 5.00. The highest BCUT2D eigenvalue weighted by Gasteiger charge is 2.17. The number of carbonyl (C=O) groups is 1.